The molecule has 0 aromatic carbocycles. The van der Waals surface area contributed by atoms with E-state index in [2.05, 4.69) is 24.1 Å². The summed E-state index contributed by atoms with van der Waals surface area (Å²) >= 11 is 0. The Morgan fingerprint density at radius 2 is 2.31 bits per heavy atom. The van der Waals surface area contributed by atoms with Gasteiger partial charge in [0.1, 0.15) is 0 Å². The van der Waals surface area contributed by atoms with E-state index < -0.39 is 0 Å². The lowest BCUT2D eigenvalue weighted by Crippen LogP contribution is -2.47. The van der Waals surface area contributed by atoms with Gasteiger partial charge in [-0.25, -0.2) is 0 Å². The van der Waals surface area contributed by atoms with Crippen LogP contribution in [0.1, 0.15) is 33.1 Å². The first-order valence-electron chi connectivity index (χ1n) is 5.78. The Morgan fingerprint density at radius 3 is 3.08 bits per heavy atom. The van der Waals surface area contributed by atoms with E-state index in [0.29, 0.717) is 0 Å². The molecule has 1 N–H and O–H groups in total. The minimum Gasteiger partial charge on any atom is -0.314 e. The van der Waals surface area contributed by atoms with Crippen LogP contribution >= 0.6 is 0 Å². The molecule has 2 heteroatoms. The van der Waals surface area contributed by atoms with Crippen molar-refractivity contribution in [1.82, 2.24) is 10.2 Å². The lowest BCUT2D eigenvalue weighted by Gasteiger charge is -2.38. The summed E-state index contributed by atoms with van der Waals surface area (Å²) in [7, 11) is 0. The summed E-state index contributed by atoms with van der Waals surface area (Å²) in [5.74, 6) is 0.947. The second kappa shape index (κ2) is 3.97. The van der Waals surface area contributed by atoms with Crippen molar-refractivity contribution >= 4 is 0 Å². The average Bonchev–Trinajstić information content (AvgIpc) is 2.63. The third kappa shape index (κ3) is 1.89. The highest BCUT2D eigenvalue weighted by Gasteiger charge is 2.33. The predicted octanol–water partition coefficient (Wildman–Crippen LogP) is 1.47. The van der Waals surface area contributed by atoms with Crippen LogP contribution < -0.4 is 5.32 Å². The van der Waals surface area contributed by atoms with Crippen molar-refractivity contribution in [3.63, 3.8) is 0 Å². The Hall–Kier alpha value is -0.0800. The highest BCUT2D eigenvalue weighted by Crippen LogP contribution is 2.25. The third-order valence-electron chi connectivity index (χ3n) is 3.90. The van der Waals surface area contributed by atoms with Crippen LogP contribution in [0.2, 0.25) is 0 Å². The maximum Gasteiger partial charge on any atom is 0.0120 e. The van der Waals surface area contributed by atoms with Crippen molar-refractivity contribution in [1.29, 1.82) is 0 Å². The molecule has 0 spiro atoms. The van der Waals surface area contributed by atoms with Crippen LogP contribution in [0.15, 0.2) is 0 Å². The van der Waals surface area contributed by atoms with E-state index in [0.717, 1.165) is 18.0 Å². The van der Waals surface area contributed by atoms with Gasteiger partial charge in [0.25, 0.3) is 0 Å². The number of nitrogens with one attached hydrogen (secondary N) is 1. The molecule has 2 fully saturated rings. The zero-order valence-electron chi connectivity index (χ0n) is 8.92. The van der Waals surface area contributed by atoms with Gasteiger partial charge in [-0.15, -0.1) is 0 Å². The largest absolute Gasteiger partial charge is 0.314 e. The van der Waals surface area contributed by atoms with E-state index in [-0.39, 0.29) is 0 Å². The zero-order chi connectivity index (χ0) is 9.26. The summed E-state index contributed by atoms with van der Waals surface area (Å²) in [6.07, 6.45) is 4.07. The van der Waals surface area contributed by atoms with Gasteiger partial charge in [0, 0.05) is 18.6 Å². The summed E-state index contributed by atoms with van der Waals surface area (Å²) in [5.41, 5.74) is 0. The molecule has 76 valence electrons. The van der Waals surface area contributed by atoms with Gasteiger partial charge in [-0.05, 0) is 45.2 Å². The number of rotatable bonds is 2. The molecule has 0 amide bonds. The Bertz CT molecular complexity index is 169. The molecule has 0 aliphatic carbocycles. The number of piperidine rings is 1. The van der Waals surface area contributed by atoms with Crippen molar-refractivity contribution in [3.8, 4) is 0 Å². The minimum atomic E-state index is 0.793. The molecule has 0 saturated carbocycles. The fourth-order valence-corrected chi connectivity index (χ4v) is 2.73. The van der Waals surface area contributed by atoms with E-state index in [1.54, 1.807) is 0 Å². The highest BCUT2D eigenvalue weighted by molar-refractivity contribution is 4.91. The fraction of sp³-hybridized carbons (Fsp3) is 1.00. The first kappa shape index (κ1) is 9.47. The Kier molecular flexibility index (Phi) is 2.89. The summed E-state index contributed by atoms with van der Waals surface area (Å²) in [6.45, 7) is 8.56. The summed E-state index contributed by atoms with van der Waals surface area (Å²) in [5, 5.41) is 3.61. The van der Waals surface area contributed by atoms with Crippen LogP contribution in [0.5, 0.6) is 0 Å². The predicted molar refractivity (Wildman–Crippen MR) is 55.8 cm³/mol. The molecule has 2 rings (SSSR count). The van der Waals surface area contributed by atoms with Gasteiger partial charge in [0.05, 0.1) is 0 Å². The summed E-state index contributed by atoms with van der Waals surface area (Å²) in [4.78, 5) is 2.67. The van der Waals surface area contributed by atoms with E-state index in [4.69, 9.17) is 0 Å². The number of hydrogen-bond acceptors (Lipinski definition) is 2. The van der Waals surface area contributed by atoms with Gasteiger partial charge in [-0.1, -0.05) is 6.92 Å². The van der Waals surface area contributed by atoms with E-state index in [9.17, 15) is 0 Å². The van der Waals surface area contributed by atoms with Gasteiger partial charge in [-0.3, -0.25) is 0 Å². The topological polar surface area (TPSA) is 15.3 Å². The third-order valence-corrected chi connectivity index (χ3v) is 3.90. The number of nitrogens with zero attached hydrogens (tertiary/aromatic N) is 1. The molecule has 2 heterocycles. The first-order chi connectivity index (χ1) is 6.31. The monoisotopic (exact) mass is 182 g/mol. The van der Waals surface area contributed by atoms with Crippen molar-refractivity contribution in [2.45, 2.75) is 45.2 Å². The maximum absolute atomic E-state index is 3.61. The summed E-state index contributed by atoms with van der Waals surface area (Å²) in [6, 6.07) is 1.64. The van der Waals surface area contributed by atoms with Gasteiger partial charge in [0.15, 0.2) is 0 Å². The minimum absolute atomic E-state index is 0.793. The van der Waals surface area contributed by atoms with E-state index in [1.165, 1.54) is 38.9 Å². The molecule has 0 aromatic heterocycles. The molecular formula is C11H22N2. The molecule has 2 aliphatic heterocycles. The van der Waals surface area contributed by atoms with Gasteiger partial charge >= 0.3 is 0 Å². The van der Waals surface area contributed by atoms with E-state index in [1.807, 2.05) is 0 Å². The van der Waals surface area contributed by atoms with E-state index >= 15 is 0 Å². The van der Waals surface area contributed by atoms with Crippen molar-refractivity contribution < 1.29 is 0 Å². The fourth-order valence-electron chi connectivity index (χ4n) is 2.73. The highest BCUT2D eigenvalue weighted by atomic mass is 15.2. The number of fused-ring (bicyclic) bond motifs is 1. The summed E-state index contributed by atoms with van der Waals surface area (Å²) < 4.78 is 0. The molecule has 0 aromatic rings. The lowest BCUT2D eigenvalue weighted by atomic mass is 9.92. The molecule has 2 saturated heterocycles. The Balaban J connectivity index is 1.89. The van der Waals surface area contributed by atoms with Crippen LogP contribution in [-0.4, -0.2) is 36.6 Å². The smallest absolute Gasteiger partial charge is 0.0120 e. The van der Waals surface area contributed by atoms with Crippen LogP contribution in [0, 0.1) is 5.92 Å². The van der Waals surface area contributed by atoms with Gasteiger partial charge < -0.3 is 10.2 Å². The molecule has 2 aliphatic rings. The van der Waals surface area contributed by atoms with Gasteiger partial charge in [-0.2, -0.15) is 0 Å². The molecule has 0 radical (unpaired) electrons. The lowest BCUT2D eigenvalue weighted by molar-refractivity contribution is 0.120. The van der Waals surface area contributed by atoms with Crippen LogP contribution in [0.3, 0.4) is 0 Å². The quantitative estimate of drug-likeness (QED) is 0.695. The van der Waals surface area contributed by atoms with Crippen molar-refractivity contribution in [2.75, 3.05) is 19.6 Å². The van der Waals surface area contributed by atoms with Crippen LogP contribution in [0.4, 0.5) is 0 Å². The Morgan fingerprint density at radius 1 is 1.46 bits per heavy atom. The second-order valence-corrected chi connectivity index (χ2v) is 4.65. The van der Waals surface area contributed by atoms with Crippen LogP contribution in [0.25, 0.3) is 0 Å². The number of hydrogen-bond donors (Lipinski definition) is 1. The molecule has 0 bridgehead atoms. The maximum atomic E-state index is 3.61. The standard InChI is InChI=1S/C11H22N2/c1-3-9(2)13-7-5-11-10(8-13)4-6-12-11/h9-12H,3-8H2,1-2H3. The SMILES string of the molecule is CCC(C)N1CCC2NCCC2C1. The molecule has 13 heavy (non-hydrogen) atoms. The van der Waals surface area contributed by atoms with Crippen molar-refractivity contribution in [2.24, 2.45) is 5.92 Å². The second-order valence-electron chi connectivity index (χ2n) is 4.65. The first-order valence-corrected chi connectivity index (χ1v) is 5.78. The molecule has 3 unspecified atom stereocenters. The molecular weight excluding hydrogens is 160 g/mol. The number of likely N-dealkylation sites (tertiary alicyclic amines) is 1. The zero-order valence-corrected chi connectivity index (χ0v) is 8.92. The molecule has 2 nitrogen and oxygen atoms in total. The van der Waals surface area contributed by atoms with Gasteiger partial charge in [0.2, 0.25) is 0 Å². The normalized spacial score (nSPS) is 37.4. The Labute approximate surface area is 81.7 Å². The molecule has 3 atom stereocenters. The van der Waals surface area contributed by atoms with Crippen molar-refractivity contribution in [3.05, 3.63) is 0 Å². The van der Waals surface area contributed by atoms with Crippen LogP contribution in [-0.2, 0) is 0 Å². The average molecular weight is 182 g/mol.